The van der Waals surface area contributed by atoms with E-state index in [-0.39, 0.29) is 24.1 Å². The Hall–Kier alpha value is -1.95. The molecular formula is C15H19FN2O3. The molecule has 1 aliphatic rings. The first-order valence-corrected chi connectivity index (χ1v) is 6.96. The number of ether oxygens (including phenoxy) is 1. The molecule has 0 aromatic heterocycles. The van der Waals surface area contributed by atoms with Crippen LogP contribution in [-0.2, 0) is 14.3 Å². The van der Waals surface area contributed by atoms with Gasteiger partial charge in [0.2, 0.25) is 11.8 Å². The third kappa shape index (κ3) is 4.26. The van der Waals surface area contributed by atoms with Crippen LogP contribution in [0, 0.1) is 5.82 Å². The molecule has 1 saturated heterocycles. The molecule has 1 N–H and O–H groups in total. The molecule has 1 aromatic carbocycles. The topological polar surface area (TPSA) is 58.6 Å². The zero-order valence-electron chi connectivity index (χ0n) is 12.0. The summed E-state index contributed by atoms with van der Waals surface area (Å²) >= 11 is 0. The second kappa shape index (κ2) is 7.17. The van der Waals surface area contributed by atoms with Crippen LogP contribution in [0.3, 0.4) is 0 Å². The normalized spacial score (nSPS) is 18.4. The molecule has 1 atom stereocenters. The molecule has 1 aliphatic heterocycles. The van der Waals surface area contributed by atoms with Crippen molar-refractivity contribution < 1.29 is 18.7 Å². The Morgan fingerprint density at radius 1 is 1.43 bits per heavy atom. The minimum Gasteiger partial charge on any atom is -0.370 e. The molecule has 5 nitrogen and oxygen atoms in total. The summed E-state index contributed by atoms with van der Waals surface area (Å²) in [6, 6.07) is 6.43. The second-order valence-electron chi connectivity index (χ2n) is 4.95. The largest absolute Gasteiger partial charge is 0.370 e. The summed E-state index contributed by atoms with van der Waals surface area (Å²) in [4.78, 5) is 24.5. The fourth-order valence-corrected chi connectivity index (χ4v) is 2.30. The Bertz CT molecular complexity index is 521. The molecule has 1 heterocycles. The van der Waals surface area contributed by atoms with Crippen molar-refractivity contribution in [1.82, 2.24) is 10.2 Å². The maximum absolute atomic E-state index is 13.8. The highest BCUT2D eigenvalue weighted by molar-refractivity contribution is 5.78. The maximum Gasteiger partial charge on any atom is 0.224 e. The van der Waals surface area contributed by atoms with Gasteiger partial charge in [0.1, 0.15) is 11.9 Å². The molecule has 0 bridgehead atoms. The van der Waals surface area contributed by atoms with E-state index in [1.165, 1.54) is 13.0 Å². The zero-order chi connectivity index (χ0) is 15.2. The zero-order valence-corrected chi connectivity index (χ0v) is 12.0. The Balaban J connectivity index is 1.93. The van der Waals surface area contributed by atoms with Crippen LogP contribution in [0.25, 0.3) is 0 Å². The van der Waals surface area contributed by atoms with Gasteiger partial charge in [0.15, 0.2) is 0 Å². The minimum atomic E-state index is -0.440. The van der Waals surface area contributed by atoms with Gasteiger partial charge in [-0.3, -0.25) is 9.59 Å². The van der Waals surface area contributed by atoms with Crippen LogP contribution in [0.5, 0.6) is 0 Å². The molecule has 2 rings (SSSR count). The third-order valence-electron chi connectivity index (χ3n) is 3.38. The first kappa shape index (κ1) is 15.4. The average molecular weight is 294 g/mol. The smallest absolute Gasteiger partial charge is 0.224 e. The number of nitrogens with zero attached hydrogens (tertiary/aromatic N) is 1. The SMILES string of the molecule is CC(=O)NCCC(=O)N1CCOC(c2ccccc2F)C1. The lowest BCUT2D eigenvalue weighted by molar-refractivity contribution is -0.139. The van der Waals surface area contributed by atoms with Crippen molar-refractivity contribution in [1.29, 1.82) is 0 Å². The second-order valence-corrected chi connectivity index (χ2v) is 4.95. The van der Waals surface area contributed by atoms with Crippen molar-refractivity contribution in [3.05, 3.63) is 35.6 Å². The summed E-state index contributed by atoms with van der Waals surface area (Å²) in [5.41, 5.74) is 0.469. The van der Waals surface area contributed by atoms with Crippen LogP contribution in [0.4, 0.5) is 4.39 Å². The fraction of sp³-hybridized carbons (Fsp3) is 0.467. The number of hydrogen-bond acceptors (Lipinski definition) is 3. The average Bonchev–Trinajstić information content (AvgIpc) is 2.47. The molecule has 6 heteroatoms. The van der Waals surface area contributed by atoms with E-state index in [9.17, 15) is 14.0 Å². The molecule has 0 aliphatic carbocycles. The van der Waals surface area contributed by atoms with Crippen molar-refractivity contribution in [2.24, 2.45) is 0 Å². The van der Waals surface area contributed by atoms with Gasteiger partial charge in [0.05, 0.1) is 13.2 Å². The van der Waals surface area contributed by atoms with Gasteiger partial charge in [-0.15, -0.1) is 0 Å². The molecule has 0 spiro atoms. The van der Waals surface area contributed by atoms with Gasteiger partial charge >= 0.3 is 0 Å². The lowest BCUT2D eigenvalue weighted by atomic mass is 10.1. The molecule has 0 saturated carbocycles. The fourth-order valence-electron chi connectivity index (χ4n) is 2.30. The van der Waals surface area contributed by atoms with Crippen LogP contribution < -0.4 is 5.32 Å². The van der Waals surface area contributed by atoms with Crippen molar-refractivity contribution in [3.8, 4) is 0 Å². The minimum absolute atomic E-state index is 0.0617. The van der Waals surface area contributed by atoms with Gasteiger partial charge in [-0.05, 0) is 6.07 Å². The van der Waals surface area contributed by atoms with Gasteiger partial charge < -0.3 is 15.0 Å². The number of nitrogens with one attached hydrogen (secondary N) is 1. The highest BCUT2D eigenvalue weighted by Crippen LogP contribution is 2.24. The summed E-state index contributed by atoms with van der Waals surface area (Å²) in [5, 5.41) is 2.59. The molecule has 21 heavy (non-hydrogen) atoms. The molecule has 1 aromatic rings. The molecule has 0 radical (unpaired) electrons. The van der Waals surface area contributed by atoms with Crippen molar-refractivity contribution >= 4 is 11.8 Å². The first-order valence-electron chi connectivity index (χ1n) is 6.96. The Morgan fingerprint density at radius 3 is 2.90 bits per heavy atom. The van der Waals surface area contributed by atoms with E-state index in [1.54, 1.807) is 23.1 Å². The molecule has 1 fully saturated rings. The van der Waals surface area contributed by atoms with Crippen LogP contribution in [0.2, 0.25) is 0 Å². The summed E-state index contributed by atoms with van der Waals surface area (Å²) in [5.74, 6) is -0.544. The number of carbonyl (C=O) groups excluding carboxylic acids is 2. The highest BCUT2D eigenvalue weighted by Gasteiger charge is 2.26. The lowest BCUT2D eigenvalue weighted by Crippen LogP contribution is -2.43. The number of halogens is 1. The monoisotopic (exact) mass is 294 g/mol. The predicted molar refractivity (Wildman–Crippen MR) is 75.0 cm³/mol. The Labute approximate surface area is 123 Å². The van der Waals surface area contributed by atoms with Crippen LogP contribution >= 0.6 is 0 Å². The van der Waals surface area contributed by atoms with Crippen molar-refractivity contribution in [2.75, 3.05) is 26.2 Å². The molecule has 2 amide bonds. The predicted octanol–water partition coefficient (Wildman–Crippen LogP) is 1.25. The number of morpholine rings is 1. The van der Waals surface area contributed by atoms with E-state index in [0.29, 0.717) is 31.8 Å². The lowest BCUT2D eigenvalue weighted by Gasteiger charge is -2.33. The summed E-state index contributed by atoms with van der Waals surface area (Å²) in [6.45, 7) is 2.93. The van der Waals surface area contributed by atoms with Crippen LogP contribution in [0.15, 0.2) is 24.3 Å². The van der Waals surface area contributed by atoms with E-state index in [4.69, 9.17) is 4.74 Å². The van der Waals surface area contributed by atoms with E-state index in [0.717, 1.165) is 0 Å². The summed E-state index contributed by atoms with van der Waals surface area (Å²) in [6.07, 6.45) is -0.200. The third-order valence-corrected chi connectivity index (χ3v) is 3.38. The molecule has 1 unspecified atom stereocenters. The van der Waals surface area contributed by atoms with Gasteiger partial charge in [-0.1, -0.05) is 18.2 Å². The standard InChI is InChI=1S/C15H19FN2O3/c1-11(19)17-7-6-15(20)18-8-9-21-14(10-18)12-4-2-3-5-13(12)16/h2-5,14H,6-10H2,1H3,(H,17,19). The van der Waals surface area contributed by atoms with Gasteiger partial charge in [0, 0.05) is 32.0 Å². The maximum atomic E-state index is 13.8. The van der Waals surface area contributed by atoms with E-state index in [1.807, 2.05) is 0 Å². The first-order chi connectivity index (χ1) is 10.1. The van der Waals surface area contributed by atoms with Gasteiger partial charge in [-0.25, -0.2) is 4.39 Å². The number of amides is 2. The van der Waals surface area contributed by atoms with E-state index >= 15 is 0 Å². The molecule has 114 valence electrons. The number of hydrogen-bond donors (Lipinski definition) is 1. The van der Waals surface area contributed by atoms with Gasteiger partial charge in [0.25, 0.3) is 0 Å². The number of benzene rings is 1. The van der Waals surface area contributed by atoms with Crippen molar-refractivity contribution in [2.45, 2.75) is 19.4 Å². The number of carbonyl (C=O) groups is 2. The molecular weight excluding hydrogens is 275 g/mol. The quantitative estimate of drug-likeness (QED) is 0.909. The van der Waals surface area contributed by atoms with Gasteiger partial charge in [-0.2, -0.15) is 0 Å². The Morgan fingerprint density at radius 2 is 2.19 bits per heavy atom. The number of rotatable bonds is 4. The van der Waals surface area contributed by atoms with E-state index in [2.05, 4.69) is 5.32 Å². The summed E-state index contributed by atoms with van der Waals surface area (Å²) in [7, 11) is 0. The summed E-state index contributed by atoms with van der Waals surface area (Å²) < 4.78 is 19.3. The van der Waals surface area contributed by atoms with Crippen LogP contribution in [-0.4, -0.2) is 43.0 Å². The van der Waals surface area contributed by atoms with E-state index < -0.39 is 6.10 Å². The van der Waals surface area contributed by atoms with Crippen molar-refractivity contribution in [3.63, 3.8) is 0 Å². The highest BCUT2D eigenvalue weighted by atomic mass is 19.1. The van der Waals surface area contributed by atoms with Crippen LogP contribution in [0.1, 0.15) is 25.0 Å². The Kier molecular flexibility index (Phi) is 5.27.